The van der Waals surface area contributed by atoms with E-state index in [4.69, 9.17) is 0 Å². The largest absolute Gasteiger partial charge is 0.310 e. The van der Waals surface area contributed by atoms with Crippen molar-refractivity contribution in [2.75, 3.05) is 9.80 Å². The summed E-state index contributed by atoms with van der Waals surface area (Å²) in [6.07, 6.45) is 0. The molecule has 0 saturated heterocycles. The van der Waals surface area contributed by atoms with Gasteiger partial charge in [0.05, 0.1) is 21.5 Å². The van der Waals surface area contributed by atoms with E-state index in [2.05, 4.69) is 228 Å². The van der Waals surface area contributed by atoms with Gasteiger partial charge in [-0.3, -0.25) is 0 Å². The summed E-state index contributed by atoms with van der Waals surface area (Å²) < 4.78 is 3.91. The molecule has 0 bridgehead atoms. The van der Waals surface area contributed by atoms with Crippen LogP contribution >= 0.6 is 22.7 Å². The van der Waals surface area contributed by atoms with Crippen LogP contribution in [-0.4, -0.2) is 0 Å². The van der Waals surface area contributed by atoms with E-state index in [1.807, 2.05) is 22.7 Å². The van der Waals surface area contributed by atoms with Crippen LogP contribution in [0.4, 0.5) is 34.1 Å². The fourth-order valence-electron chi connectivity index (χ4n) is 10.4. The molecule has 286 valence electrons. The third-order valence-corrected chi connectivity index (χ3v) is 15.3. The van der Waals surface area contributed by atoms with Crippen molar-refractivity contribution < 1.29 is 0 Å². The highest BCUT2D eigenvalue weighted by Crippen LogP contribution is 2.68. The summed E-state index contributed by atoms with van der Waals surface area (Å²) in [5.41, 5.74) is 15.6. The molecule has 1 spiro atoms. The zero-order valence-electron chi connectivity index (χ0n) is 33.0. The first-order valence-corrected chi connectivity index (χ1v) is 22.5. The van der Waals surface area contributed by atoms with Gasteiger partial charge in [0.25, 0.3) is 0 Å². The Kier molecular flexibility index (Phi) is 7.59. The number of hydrogen-bond acceptors (Lipinski definition) is 4. The number of anilines is 6. The minimum absolute atomic E-state index is 0.509. The summed E-state index contributed by atoms with van der Waals surface area (Å²) in [6.45, 7) is 0. The average molecular weight is 813 g/mol. The van der Waals surface area contributed by atoms with Crippen molar-refractivity contribution in [3.05, 3.63) is 240 Å². The van der Waals surface area contributed by atoms with E-state index in [9.17, 15) is 0 Å². The van der Waals surface area contributed by atoms with Crippen molar-refractivity contribution in [3.63, 3.8) is 0 Å². The molecule has 13 rings (SSSR count). The molecule has 1 atom stereocenters. The summed E-state index contributed by atoms with van der Waals surface area (Å²) in [5.74, 6) is 0. The predicted octanol–water partition coefficient (Wildman–Crippen LogP) is 16.6. The number of hydrogen-bond donors (Lipinski definition) is 0. The van der Waals surface area contributed by atoms with Gasteiger partial charge in [-0.25, -0.2) is 0 Å². The van der Waals surface area contributed by atoms with Gasteiger partial charge in [-0.05, 0) is 101 Å². The van der Waals surface area contributed by atoms with Crippen molar-refractivity contribution in [2.45, 2.75) is 5.41 Å². The second-order valence-electron chi connectivity index (χ2n) is 16.0. The summed E-state index contributed by atoms with van der Waals surface area (Å²) >= 11 is 3.84. The van der Waals surface area contributed by atoms with Crippen LogP contribution < -0.4 is 9.80 Å². The molecule has 0 N–H and O–H groups in total. The van der Waals surface area contributed by atoms with Crippen LogP contribution in [0.2, 0.25) is 0 Å². The smallest absolute Gasteiger partial charge is 0.0820 e. The highest BCUT2D eigenvalue weighted by molar-refractivity contribution is 7.26. The lowest BCUT2D eigenvalue weighted by Gasteiger charge is -2.31. The molecule has 0 amide bonds. The Morgan fingerprint density at radius 1 is 0.328 bits per heavy atom. The second kappa shape index (κ2) is 13.4. The molecule has 0 fully saturated rings. The van der Waals surface area contributed by atoms with Crippen molar-refractivity contribution >= 4 is 87.1 Å². The van der Waals surface area contributed by atoms with E-state index in [1.54, 1.807) is 0 Å². The van der Waals surface area contributed by atoms with Crippen molar-refractivity contribution in [3.8, 4) is 22.3 Å². The third-order valence-electron chi connectivity index (χ3n) is 12.8. The van der Waals surface area contributed by atoms with Gasteiger partial charge in [0, 0.05) is 64.3 Å². The Morgan fingerprint density at radius 2 is 0.869 bits per heavy atom. The van der Waals surface area contributed by atoms with Crippen molar-refractivity contribution in [1.29, 1.82) is 0 Å². The normalized spacial score (nSPS) is 14.6. The van der Waals surface area contributed by atoms with Gasteiger partial charge >= 0.3 is 0 Å². The molecule has 11 aromatic rings. The van der Waals surface area contributed by atoms with Gasteiger partial charge in [0.2, 0.25) is 0 Å². The van der Waals surface area contributed by atoms with Crippen LogP contribution in [0.1, 0.15) is 21.6 Å². The summed E-state index contributed by atoms with van der Waals surface area (Å²) in [5, 5.41) is 3.91. The van der Waals surface area contributed by atoms with Crippen LogP contribution in [0.25, 0.3) is 52.5 Å². The second-order valence-corrected chi connectivity index (χ2v) is 18.1. The number of para-hydroxylation sites is 3. The number of fused-ring (bicyclic) bond motifs is 15. The topological polar surface area (TPSA) is 6.48 Å². The number of rotatable bonds is 6. The van der Waals surface area contributed by atoms with E-state index < -0.39 is 5.41 Å². The van der Waals surface area contributed by atoms with Crippen LogP contribution in [-0.2, 0) is 5.41 Å². The van der Waals surface area contributed by atoms with Gasteiger partial charge in [-0.15, -0.1) is 22.7 Å². The van der Waals surface area contributed by atoms with Gasteiger partial charge in [-0.2, -0.15) is 0 Å². The van der Waals surface area contributed by atoms with Crippen LogP contribution in [0.3, 0.4) is 0 Å². The van der Waals surface area contributed by atoms with Gasteiger partial charge in [-0.1, -0.05) is 146 Å². The molecule has 4 heteroatoms. The standard InChI is InChI=1S/C57H36N2S2/c1-4-18-37(19-5-1)58(38-20-6-2-7-21-38)40-34-35-47-45(36-40)53-44-26-12-15-33-52(44)61-56(53)57(47)46-28-13-10-25-43(46)54-48(57)29-17-30-49(54)59(39-22-8-3-9-23-39)50-31-16-27-42-41-24-11-14-32-51(41)60-55(42)50/h1-36H. The maximum atomic E-state index is 2.52. The zero-order valence-corrected chi connectivity index (χ0v) is 34.6. The third kappa shape index (κ3) is 4.89. The molecule has 2 nitrogen and oxygen atoms in total. The molecule has 0 radical (unpaired) electrons. The van der Waals surface area contributed by atoms with E-state index in [1.165, 1.54) is 85.5 Å². The Labute approximate surface area is 362 Å². The lowest BCUT2D eigenvalue weighted by atomic mass is 9.74. The van der Waals surface area contributed by atoms with E-state index >= 15 is 0 Å². The summed E-state index contributed by atoms with van der Waals surface area (Å²) in [4.78, 5) is 6.31. The monoisotopic (exact) mass is 812 g/mol. The van der Waals surface area contributed by atoms with Crippen molar-refractivity contribution in [1.82, 2.24) is 0 Å². The molecular formula is C57H36N2S2. The number of thiophene rings is 2. The molecule has 0 aliphatic heterocycles. The Morgan fingerprint density at radius 3 is 1.61 bits per heavy atom. The van der Waals surface area contributed by atoms with Gasteiger partial charge in [0.1, 0.15) is 0 Å². The SMILES string of the molecule is c1ccc(N(c2ccccc2)c2ccc3c(c2)-c2c(sc4ccccc24)C32c3ccccc3-c3c(N(c4ccccc4)c4cccc5c4sc4ccccc45)cccc32)cc1. The van der Waals surface area contributed by atoms with Crippen LogP contribution in [0.15, 0.2) is 218 Å². The van der Waals surface area contributed by atoms with Crippen LogP contribution in [0, 0.1) is 0 Å². The van der Waals surface area contributed by atoms with Crippen LogP contribution in [0.5, 0.6) is 0 Å². The molecule has 2 aromatic heterocycles. The first-order valence-electron chi connectivity index (χ1n) is 20.8. The minimum Gasteiger partial charge on any atom is -0.310 e. The minimum atomic E-state index is -0.509. The molecule has 2 aliphatic carbocycles. The number of nitrogens with zero attached hydrogens (tertiary/aromatic N) is 2. The molecule has 1 unspecified atom stereocenters. The lowest BCUT2D eigenvalue weighted by Crippen LogP contribution is -2.25. The number of benzene rings is 9. The highest BCUT2D eigenvalue weighted by atomic mass is 32.1. The molecule has 0 saturated carbocycles. The fraction of sp³-hybridized carbons (Fsp3) is 0.0175. The maximum absolute atomic E-state index is 2.52. The Balaban J connectivity index is 1.11. The lowest BCUT2D eigenvalue weighted by molar-refractivity contribution is 0.811. The first-order chi connectivity index (χ1) is 30.3. The Bertz CT molecular complexity index is 3460. The zero-order chi connectivity index (χ0) is 40.1. The van der Waals surface area contributed by atoms with E-state index in [-0.39, 0.29) is 0 Å². The molecular weight excluding hydrogens is 777 g/mol. The first kappa shape index (κ1) is 34.6. The molecule has 61 heavy (non-hydrogen) atoms. The fourth-order valence-corrected chi connectivity index (χ4v) is 13.1. The van der Waals surface area contributed by atoms with Gasteiger partial charge < -0.3 is 9.80 Å². The maximum Gasteiger partial charge on any atom is 0.0820 e. The van der Waals surface area contributed by atoms with Crippen molar-refractivity contribution in [2.24, 2.45) is 0 Å². The highest BCUT2D eigenvalue weighted by Gasteiger charge is 2.54. The summed E-state index contributed by atoms with van der Waals surface area (Å²) in [6, 6.07) is 80.6. The van der Waals surface area contributed by atoms with E-state index in [0.29, 0.717) is 0 Å². The molecule has 2 aliphatic rings. The summed E-state index contributed by atoms with van der Waals surface area (Å²) in [7, 11) is 0. The predicted molar refractivity (Wildman–Crippen MR) is 260 cm³/mol. The van der Waals surface area contributed by atoms with Gasteiger partial charge in [0.15, 0.2) is 0 Å². The van der Waals surface area contributed by atoms with E-state index in [0.717, 1.165) is 22.7 Å². The Hall–Kier alpha value is -7.24. The quantitative estimate of drug-likeness (QED) is 0.165. The molecule has 9 aromatic carbocycles. The average Bonchev–Trinajstić information content (AvgIpc) is 4.06. The molecule has 2 heterocycles.